The highest BCUT2D eigenvalue weighted by Crippen LogP contribution is 2.23. The SMILES string of the molecule is C/C=C\C(=C/C)NC(=O)N(CCN(C)C)Cc1ccc(C(=O)Nc2ccccc2NC(=O)OC(C)(C)C)cn1. The number of nitrogens with zero attached hydrogens (tertiary/aromatic N) is 3. The second kappa shape index (κ2) is 14.7. The number of allylic oxidation sites excluding steroid dienone is 3. The number of likely N-dealkylation sites (N-methyl/N-ethyl adjacent to an activating group) is 1. The number of amides is 4. The molecule has 0 aliphatic heterocycles. The minimum atomic E-state index is -0.653. The van der Waals surface area contributed by atoms with E-state index >= 15 is 0 Å². The maximum absolute atomic E-state index is 13.0. The molecule has 0 radical (unpaired) electrons. The summed E-state index contributed by atoms with van der Waals surface area (Å²) in [7, 11) is 3.89. The third kappa shape index (κ3) is 11.0. The lowest BCUT2D eigenvalue weighted by atomic mass is 10.2. The van der Waals surface area contributed by atoms with Crippen molar-refractivity contribution in [3.05, 3.63) is 77.8 Å². The molecule has 0 fully saturated rings. The molecule has 210 valence electrons. The topological polar surface area (TPSA) is 116 Å². The predicted molar refractivity (Wildman–Crippen MR) is 155 cm³/mol. The van der Waals surface area contributed by atoms with E-state index < -0.39 is 17.6 Å². The van der Waals surface area contributed by atoms with Gasteiger partial charge >= 0.3 is 12.1 Å². The van der Waals surface area contributed by atoms with Gasteiger partial charge in [0.05, 0.1) is 29.2 Å². The van der Waals surface area contributed by atoms with Gasteiger partial charge in [0.1, 0.15) is 5.60 Å². The van der Waals surface area contributed by atoms with Gasteiger partial charge in [-0.15, -0.1) is 0 Å². The minimum absolute atomic E-state index is 0.235. The molecule has 1 heterocycles. The van der Waals surface area contributed by atoms with Crippen molar-refractivity contribution in [1.82, 2.24) is 20.1 Å². The summed E-state index contributed by atoms with van der Waals surface area (Å²) in [6, 6.07) is 9.98. The molecule has 0 saturated carbocycles. The Balaban J connectivity index is 2.11. The molecule has 1 aromatic heterocycles. The Morgan fingerprint density at radius 1 is 0.974 bits per heavy atom. The number of ether oxygens (including phenoxy) is 1. The van der Waals surface area contributed by atoms with Gasteiger partial charge in [0.25, 0.3) is 5.91 Å². The van der Waals surface area contributed by atoms with Crippen molar-refractivity contribution in [3.8, 4) is 0 Å². The molecule has 10 nitrogen and oxygen atoms in total. The third-order valence-corrected chi connectivity index (χ3v) is 5.26. The Kier molecular flexibility index (Phi) is 11.7. The van der Waals surface area contributed by atoms with Crippen molar-refractivity contribution < 1.29 is 19.1 Å². The van der Waals surface area contributed by atoms with Gasteiger partial charge in [-0.1, -0.05) is 24.3 Å². The summed E-state index contributed by atoms with van der Waals surface area (Å²) in [5, 5.41) is 8.38. The van der Waals surface area contributed by atoms with Gasteiger partial charge in [-0.3, -0.25) is 15.1 Å². The summed E-state index contributed by atoms with van der Waals surface area (Å²) in [5.41, 5.74) is 1.86. The maximum Gasteiger partial charge on any atom is 0.412 e. The molecule has 10 heteroatoms. The van der Waals surface area contributed by atoms with E-state index in [1.165, 1.54) is 6.20 Å². The molecule has 0 atom stereocenters. The highest BCUT2D eigenvalue weighted by molar-refractivity contribution is 6.06. The van der Waals surface area contributed by atoms with Gasteiger partial charge in [0.15, 0.2) is 0 Å². The van der Waals surface area contributed by atoms with Crippen LogP contribution in [0.4, 0.5) is 21.0 Å². The van der Waals surface area contributed by atoms with Gasteiger partial charge in [-0.2, -0.15) is 0 Å². The zero-order valence-electron chi connectivity index (χ0n) is 23.9. The zero-order chi connectivity index (χ0) is 29.0. The predicted octanol–water partition coefficient (Wildman–Crippen LogP) is 5.23. The van der Waals surface area contributed by atoms with Crippen molar-refractivity contribution in [2.45, 2.75) is 46.8 Å². The Morgan fingerprint density at radius 3 is 2.18 bits per heavy atom. The van der Waals surface area contributed by atoms with Crippen LogP contribution in [0.5, 0.6) is 0 Å². The van der Waals surface area contributed by atoms with Gasteiger partial charge in [-0.25, -0.2) is 9.59 Å². The van der Waals surface area contributed by atoms with Crippen LogP contribution >= 0.6 is 0 Å². The lowest BCUT2D eigenvalue weighted by Gasteiger charge is -2.24. The number of aromatic nitrogens is 1. The van der Waals surface area contributed by atoms with Crippen LogP contribution in [0.2, 0.25) is 0 Å². The smallest absolute Gasteiger partial charge is 0.412 e. The van der Waals surface area contributed by atoms with Crippen LogP contribution in [-0.2, 0) is 11.3 Å². The Labute approximate surface area is 231 Å². The van der Waals surface area contributed by atoms with Gasteiger partial charge in [0.2, 0.25) is 0 Å². The van der Waals surface area contributed by atoms with Crippen molar-refractivity contribution in [2.24, 2.45) is 0 Å². The fourth-order valence-corrected chi connectivity index (χ4v) is 3.32. The number of benzene rings is 1. The number of urea groups is 1. The maximum atomic E-state index is 13.0. The first-order valence-electron chi connectivity index (χ1n) is 12.8. The average Bonchev–Trinajstić information content (AvgIpc) is 2.86. The van der Waals surface area contributed by atoms with Gasteiger partial charge in [0, 0.05) is 25.0 Å². The molecule has 4 amide bonds. The highest BCUT2D eigenvalue weighted by Gasteiger charge is 2.19. The minimum Gasteiger partial charge on any atom is -0.444 e. The van der Waals surface area contributed by atoms with E-state index in [0.717, 1.165) is 0 Å². The number of para-hydroxylation sites is 2. The molecule has 1 aromatic carbocycles. The fraction of sp³-hybridized carbons (Fsp3) is 0.379. The summed E-state index contributed by atoms with van der Waals surface area (Å²) < 4.78 is 5.30. The monoisotopic (exact) mass is 536 g/mol. The van der Waals surface area contributed by atoms with Crippen molar-refractivity contribution in [3.63, 3.8) is 0 Å². The first-order chi connectivity index (χ1) is 18.4. The fourth-order valence-electron chi connectivity index (χ4n) is 3.32. The van der Waals surface area contributed by atoms with Crippen LogP contribution in [-0.4, -0.2) is 65.6 Å². The number of carbonyl (C=O) groups is 3. The van der Waals surface area contributed by atoms with Crippen molar-refractivity contribution in [1.29, 1.82) is 0 Å². The van der Waals surface area contributed by atoms with Crippen LogP contribution in [0.15, 0.2) is 66.5 Å². The quantitative estimate of drug-likeness (QED) is 0.358. The lowest BCUT2D eigenvalue weighted by molar-refractivity contribution is 0.0635. The number of rotatable bonds is 10. The van der Waals surface area contributed by atoms with E-state index in [-0.39, 0.29) is 12.6 Å². The molecule has 39 heavy (non-hydrogen) atoms. The van der Waals surface area contributed by atoms with E-state index in [1.807, 2.05) is 51.1 Å². The van der Waals surface area contributed by atoms with Gasteiger partial charge in [-0.05, 0) is 79.1 Å². The molecule has 0 saturated heterocycles. The first kappa shape index (κ1) is 31.0. The summed E-state index contributed by atoms with van der Waals surface area (Å²) >= 11 is 0. The van der Waals surface area contributed by atoms with E-state index in [4.69, 9.17) is 4.74 Å². The molecule has 0 unspecified atom stereocenters. The van der Waals surface area contributed by atoms with E-state index in [0.29, 0.717) is 41.4 Å². The zero-order valence-corrected chi connectivity index (χ0v) is 23.9. The Morgan fingerprint density at radius 2 is 1.64 bits per heavy atom. The molecule has 0 aliphatic rings. The van der Waals surface area contributed by atoms with Crippen LogP contribution in [0.25, 0.3) is 0 Å². The molecule has 0 bridgehead atoms. The molecule has 0 aliphatic carbocycles. The summed E-state index contributed by atoms with van der Waals surface area (Å²) in [6.07, 6.45) is 6.36. The standard InChI is InChI=1S/C29H40N6O4/c1-8-12-22(9-2)31-27(37)35(18-17-34(6)7)20-23-16-15-21(19-30-23)26(36)32-24-13-10-11-14-25(24)33-28(38)39-29(3,4)5/h8-16,19H,17-18,20H2,1-7H3,(H,31,37)(H,32,36)(H,33,38)/b12-8-,22-9+. The number of pyridine rings is 1. The number of nitrogens with one attached hydrogen (secondary N) is 3. The number of anilines is 2. The molecular weight excluding hydrogens is 496 g/mol. The Hall–Kier alpha value is -4.18. The third-order valence-electron chi connectivity index (χ3n) is 5.26. The van der Waals surface area contributed by atoms with E-state index in [1.54, 1.807) is 62.1 Å². The van der Waals surface area contributed by atoms with Crippen LogP contribution in [0.1, 0.15) is 50.7 Å². The summed E-state index contributed by atoms with van der Waals surface area (Å²) in [5.74, 6) is -0.390. The van der Waals surface area contributed by atoms with E-state index in [2.05, 4.69) is 20.9 Å². The molecule has 2 rings (SSSR count). The van der Waals surface area contributed by atoms with Crippen molar-refractivity contribution >= 4 is 29.4 Å². The Bertz CT molecular complexity index is 1180. The highest BCUT2D eigenvalue weighted by atomic mass is 16.6. The van der Waals surface area contributed by atoms with Crippen LogP contribution in [0, 0.1) is 0 Å². The lowest BCUT2D eigenvalue weighted by Crippen LogP contribution is -2.42. The average molecular weight is 537 g/mol. The molecule has 2 aromatic rings. The number of hydrogen-bond acceptors (Lipinski definition) is 6. The summed E-state index contributed by atoms with van der Waals surface area (Å²) in [6.45, 7) is 10.5. The van der Waals surface area contributed by atoms with Crippen molar-refractivity contribution in [2.75, 3.05) is 37.8 Å². The van der Waals surface area contributed by atoms with Crippen LogP contribution in [0.3, 0.4) is 0 Å². The second-order valence-corrected chi connectivity index (χ2v) is 10.1. The normalized spacial score (nSPS) is 11.8. The second-order valence-electron chi connectivity index (χ2n) is 10.1. The molecular formula is C29H40N6O4. The van der Waals surface area contributed by atoms with E-state index in [9.17, 15) is 14.4 Å². The first-order valence-corrected chi connectivity index (χ1v) is 12.8. The number of hydrogen-bond donors (Lipinski definition) is 3. The largest absolute Gasteiger partial charge is 0.444 e. The van der Waals surface area contributed by atoms with Gasteiger partial charge < -0.3 is 25.2 Å². The molecule has 3 N–H and O–H groups in total. The van der Waals surface area contributed by atoms with Crippen LogP contribution < -0.4 is 16.0 Å². The summed E-state index contributed by atoms with van der Waals surface area (Å²) in [4.78, 5) is 46.2. The number of carbonyl (C=O) groups excluding carboxylic acids is 3. The molecule has 0 spiro atoms.